The molecule has 2 aliphatic rings. The van der Waals surface area contributed by atoms with Gasteiger partial charge in [0.25, 0.3) is 0 Å². The van der Waals surface area contributed by atoms with Crippen molar-refractivity contribution in [2.45, 2.75) is 57.7 Å². The molecule has 1 saturated heterocycles. The van der Waals surface area contributed by atoms with Gasteiger partial charge in [-0.05, 0) is 36.1 Å². The van der Waals surface area contributed by atoms with Gasteiger partial charge in [0.05, 0.1) is 19.2 Å². The third-order valence-corrected chi connectivity index (χ3v) is 5.75. The summed E-state index contributed by atoms with van der Waals surface area (Å²) < 4.78 is 7.10. The van der Waals surface area contributed by atoms with Crippen LogP contribution in [-0.4, -0.2) is 66.1 Å². The molecule has 3 rings (SSSR count). The fourth-order valence-corrected chi connectivity index (χ4v) is 4.43. The highest BCUT2D eigenvalue weighted by atomic mass is 16.5. The second-order valence-corrected chi connectivity index (χ2v) is 7.01. The van der Waals surface area contributed by atoms with E-state index in [0.29, 0.717) is 12.6 Å². The molecule has 0 unspecified atom stereocenters. The number of nitrogens with zero attached hydrogens (tertiary/aromatic N) is 4. The number of ether oxygens (including phenoxy) is 1. The molecule has 2 heterocycles. The monoisotopic (exact) mass is 324 g/mol. The van der Waals surface area contributed by atoms with Crippen LogP contribution in [0, 0.1) is 0 Å². The van der Waals surface area contributed by atoms with Crippen LogP contribution in [0.4, 0.5) is 0 Å². The minimum absolute atomic E-state index is 0.409. The SMILES string of the molecule is CC[C@@H](c1nnnn1CCOC)[NH+]1CC[NH+](C2CCCC2)CC1. The summed E-state index contributed by atoms with van der Waals surface area (Å²) in [6, 6.07) is 1.34. The lowest BCUT2D eigenvalue weighted by Gasteiger charge is -2.36. The van der Waals surface area contributed by atoms with Gasteiger partial charge in [0.1, 0.15) is 32.2 Å². The van der Waals surface area contributed by atoms with Gasteiger partial charge in [0.15, 0.2) is 0 Å². The molecule has 0 amide bonds. The molecule has 1 saturated carbocycles. The van der Waals surface area contributed by atoms with Crippen LogP contribution >= 0.6 is 0 Å². The fraction of sp³-hybridized carbons (Fsp3) is 0.938. The van der Waals surface area contributed by atoms with Gasteiger partial charge >= 0.3 is 0 Å². The minimum Gasteiger partial charge on any atom is -0.383 e. The van der Waals surface area contributed by atoms with E-state index in [1.165, 1.54) is 51.9 Å². The normalized spacial score (nSPS) is 27.4. The van der Waals surface area contributed by atoms with Crippen LogP contribution < -0.4 is 9.80 Å². The zero-order chi connectivity index (χ0) is 16.1. The average Bonchev–Trinajstić information content (AvgIpc) is 3.26. The van der Waals surface area contributed by atoms with Crippen molar-refractivity contribution >= 4 is 0 Å². The molecule has 1 aliphatic carbocycles. The molecule has 0 bridgehead atoms. The molecule has 0 aromatic carbocycles. The van der Waals surface area contributed by atoms with E-state index in [4.69, 9.17) is 4.74 Å². The number of rotatable bonds is 7. The van der Waals surface area contributed by atoms with Crippen LogP contribution in [-0.2, 0) is 11.3 Å². The first-order valence-electron chi connectivity index (χ1n) is 9.27. The Morgan fingerprint density at radius 3 is 2.61 bits per heavy atom. The first kappa shape index (κ1) is 16.8. The van der Waals surface area contributed by atoms with Crippen LogP contribution in [0.3, 0.4) is 0 Å². The summed E-state index contributed by atoms with van der Waals surface area (Å²) in [7, 11) is 1.72. The van der Waals surface area contributed by atoms with Crippen LogP contribution in [0.25, 0.3) is 0 Å². The molecule has 2 N–H and O–H groups in total. The lowest BCUT2D eigenvalue weighted by atomic mass is 10.1. The van der Waals surface area contributed by atoms with Crippen molar-refractivity contribution in [2.75, 3.05) is 39.9 Å². The average molecular weight is 324 g/mol. The summed E-state index contributed by atoms with van der Waals surface area (Å²) in [5.41, 5.74) is 0. The van der Waals surface area contributed by atoms with E-state index in [9.17, 15) is 0 Å². The summed E-state index contributed by atoms with van der Waals surface area (Å²) in [5.74, 6) is 1.03. The molecule has 0 spiro atoms. The summed E-state index contributed by atoms with van der Waals surface area (Å²) in [4.78, 5) is 3.50. The highest BCUT2D eigenvalue weighted by Crippen LogP contribution is 2.15. The second-order valence-electron chi connectivity index (χ2n) is 7.01. The van der Waals surface area contributed by atoms with E-state index in [0.717, 1.165) is 24.8 Å². The molecule has 23 heavy (non-hydrogen) atoms. The molecule has 7 nitrogen and oxygen atoms in total. The van der Waals surface area contributed by atoms with E-state index < -0.39 is 0 Å². The van der Waals surface area contributed by atoms with E-state index in [1.54, 1.807) is 12.0 Å². The van der Waals surface area contributed by atoms with E-state index in [2.05, 4.69) is 22.4 Å². The smallest absolute Gasteiger partial charge is 0.209 e. The van der Waals surface area contributed by atoms with Crippen molar-refractivity contribution in [3.05, 3.63) is 5.82 Å². The first-order chi connectivity index (χ1) is 11.3. The van der Waals surface area contributed by atoms with Gasteiger partial charge in [-0.3, -0.25) is 0 Å². The molecule has 1 aliphatic heterocycles. The summed E-state index contributed by atoms with van der Waals surface area (Å²) in [5, 5.41) is 12.4. The Balaban J connectivity index is 1.60. The Bertz CT molecular complexity index is 465. The van der Waals surface area contributed by atoms with E-state index in [1.807, 2.05) is 9.58 Å². The molecule has 2 fully saturated rings. The fourth-order valence-electron chi connectivity index (χ4n) is 4.43. The molecule has 1 aromatic heterocycles. The van der Waals surface area contributed by atoms with Crippen molar-refractivity contribution in [3.8, 4) is 0 Å². The Kier molecular flexibility index (Phi) is 5.96. The Morgan fingerprint density at radius 2 is 1.96 bits per heavy atom. The van der Waals surface area contributed by atoms with Crippen LogP contribution in [0.1, 0.15) is 50.9 Å². The predicted molar refractivity (Wildman–Crippen MR) is 86.4 cm³/mol. The van der Waals surface area contributed by atoms with Crippen LogP contribution in [0.5, 0.6) is 0 Å². The highest BCUT2D eigenvalue weighted by Gasteiger charge is 2.36. The van der Waals surface area contributed by atoms with Crippen molar-refractivity contribution in [1.82, 2.24) is 20.2 Å². The maximum absolute atomic E-state index is 5.17. The van der Waals surface area contributed by atoms with E-state index >= 15 is 0 Å². The Morgan fingerprint density at radius 1 is 1.22 bits per heavy atom. The number of nitrogens with one attached hydrogen (secondary N) is 2. The van der Waals surface area contributed by atoms with Gasteiger partial charge < -0.3 is 14.5 Å². The van der Waals surface area contributed by atoms with Gasteiger partial charge in [-0.15, -0.1) is 5.10 Å². The van der Waals surface area contributed by atoms with Gasteiger partial charge in [0, 0.05) is 13.5 Å². The minimum atomic E-state index is 0.409. The van der Waals surface area contributed by atoms with Crippen molar-refractivity contribution in [3.63, 3.8) is 0 Å². The number of piperazine rings is 1. The first-order valence-corrected chi connectivity index (χ1v) is 9.27. The lowest BCUT2D eigenvalue weighted by molar-refractivity contribution is -1.04. The summed E-state index contributed by atoms with van der Waals surface area (Å²) in [6.07, 6.45) is 6.85. The van der Waals surface area contributed by atoms with Crippen molar-refractivity contribution < 1.29 is 14.5 Å². The number of hydrogen-bond donors (Lipinski definition) is 2. The number of quaternary nitrogens is 2. The molecule has 130 valence electrons. The number of methoxy groups -OCH3 is 1. The molecular formula is C16H32N6O+2. The lowest BCUT2D eigenvalue weighted by Crippen LogP contribution is -3.29. The summed E-state index contributed by atoms with van der Waals surface area (Å²) >= 11 is 0. The van der Waals surface area contributed by atoms with Gasteiger partial charge in [0.2, 0.25) is 5.82 Å². The van der Waals surface area contributed by atoms with Crippen LogP contribution in [0.2, 0.25) is 0 Å². The highest BCUT2D eigenvalue weighted by molar-refractivity contribution is 4.87. The third kappa shape index (κ3) is 3.89. The van der Waals surface area contributed by atoms with Crippen molar-refractivity contribution in [2.24, 2.45) is 0 Å². The number of aromatic nitrogens is 4. The largest absolute Gasteiger partial charge is 0.383 e. The number of hydrogen-bond acceptors (Lipinski definition) is 4. The molecule has 1 atom stereocenters. The van der Waals surface area contributed by atoms with Crippen LogP contribution in [0.15, 0.2) is 0 Å². The quantitative estimate of drug-likeness (QED) is 0.641. The zero-order valence-electron chi connectivity index (χ0n) is 14.6. The third-order valence-electron chi connectivity index (χ3n) is 5.75. The van der Waals surface area contributed by atoms with Crippen molar-refractivity contribution in [1.29, 1.82) is 0 Å². The number of tetrazole rings is 1. The van der Waals surface area contributed by atoms with Gasteiger partial charge in [-0.2, -0.15) is 0 Å². The Labute approximate surface area is 139 Å². The molecule has 0 radical (unpaired) electrons. The Hall–Kier alpha value is -1.05. The summed E-state index contributed by atoms with van der Waals surface area (Å²) in [6.45, 7) is 8.73. The zero-order valence-corrected chi connectivity index (χ0v) is 14.6. The molecule has 7 heteroatoms. The van der Waals surface area contributed by atoms with Gasteiger partial charge in [-0.25, -0.2) is 4.68 Å². The maximum Gasteiger partial charge on any atom is 0.209 e. The topological polar surface area (TPSA) is 61.7 Å². The van der Waals surface area contributed by atoms with Gasteiger partial charge in [-0.1, -0.05) is 6.92 Å². The predicted octanol–water partition coefficient (Wildman–Crippen LogP) is -1.50. The van der Waals surface area contributed by atoms with E-state index in [-0.39, 0.29) is 0 Å². The molecule has 1 aromatic rings. The maximum atomic E-state index is 5.17. The molecular weight excluding hydrogens is 292 g/mol. The standard InChI is InChI=1S/C16H30N6O/c1-3-15(16-17-18-19-22(16)12-13-23-2)21-10-8-20(9-11-21)14-6-4-5-7-14/h14-15H,3-13H2,1-2H3/p+2/t15-/m0/s1. The second kappa shape index (κ2) is 8.17.